The van der Waals surface area contributed by atoms with Crippen LogP contribution in [-0.4, -0.2) is 28.5 Å². The lowest BCUT2D eigenvalue weighted by Crippen LogP contribution is -2.40. The number of aromatic nitrogens is 3. The number of hydrogen-bond acceptors (Lipinski definition) is 5. The maximum Gasteiger partial charge on any atom is 0.417 e. The van der Waals surface area contributed by atoms with Crippen LogP contribution in [0, 0.1) is 17.2 Å². The first-order valence-electron chi connectivity index (χ1n) is 10.3. The van der Waals surface area contributed by atoms with Gasteiger partial charge in [-0.05, 0) is 57.7 Å². The molecule has 174 valence electrons. The standard InChI is InChI=1S/C22H22F3N5O2S/c1-21(2,3)29-33(31,32)15-6-7-18(27-11-15)19-17(9-26)16-8-14(22(23,24)25)10-28-20(16)30(19)12-13-4-5-13/h6-8,10-11,13,29H,4-5,12H2,1-3H3. The molecule has 0 saturated heterocycles. The van der Waals surface area contributed by atoms with Crippen molar-refractivity contribution in [3.8, 4) is 17.5 Å². The van der Waals surface area contributed by atoms with Crippen LogP contribution in [0.25, 0.3) is 22.4 Å². The van der Waals surface area contributed by atoms with Crippen LogP contribution in [0.1, 0.15) is 44.7 Å². The average molecular weight is 478 g/mol. The fourth-order valence-corrected chi connectivity index (χ4v) is 5.00. The van der Waals surface area contributed by atoms with Crippen LogP contribution in [0.4, 0.5) is 13.2 Å². The van der Waals surface area contributed by atoms with E-state index >= 15 is 0 Å². The predicted molar refractivity (Wildman–Crippen MR) is 115 cm³/mol. The van der Waals surface area contributed by atoms with Crippen LogP contribution in [-0.2, 0) is 22.7 Å². The quantitative estimate of drug-likeness (QED) is 0.584. The van der Waals surface area contributed by atoms with Crippen LogP contribution in [0.5, 0.6) is 0 Å². The maximum absolute atomic E-state index is 13.3. The average Bonchev–Trinajstić information content (AvgIpc) is 3.46. The van der Waals surface area contributed by atoms with E-state index in [1.807, 2.05) is 6.07 Å². The second kappa shape index (κ2) is 7.81. The van der Waals surface area contributed by atoms with E-state index in [1.165, 1.54) is 18.3 Å². The molecule has 0 atom stereocenters. The van der Waals surface area contributed by atoms with Crippen molar-refractivity contribution in [2.45, 2.75) is 56.8 Å². The highest BCUT2D eigenvalue weighted by Gasteiger charge is 2.34. The van der Waals surface area contributed by atoms with Gasteiger partial charge < -0.3 is 4.57 Å². The molecule has 7 nitrogen and oxygen atoms in total. The zero-order chi connectivity index (χ0) is 24.2. The fraction of sp³-hybridized carbons (Fsp3) is 0.409. The van der Waals surface area contributed by atoms with Crippen LogP contribution in [0.2, 0.25) is 0 Å². The molecule has 1 aliphatic carbocycles. The fourth-order valence-electron chi connectivity index (χ4n) is 3.64. The Labute approximate surface area is 189 Å². The lowest BCUT2D eigenvalue weighted by atomic mass is 10.1. The summed E-state index contributed by atoms with van der Waals surface area (Å²) in [4.78, 5) is 8.25. The summed E-state index contributed by atoms with van der Waals surface area (Å²) in [5.41, 5.74) is -0.712. The van der Waals surface area contributed by atoms with Gasteiger partial charge in [0, 0.05) is 29.9 Å². The molecule has 0 unspecified atom stereocenters. The smallest absolute Gasteiger partial charge is 0.323 e. The second-order valence-electron chi connectivity index (χ2n) is 9.22. The molecular formula is C22H22F3N5O2S. The highest BCUT2D eigenvalue weighted by Crippen LogP contribution is 2.39. The molecule has 3 aromatic rings. The van der Waals surface area contributed by atoms with E-state index in [4.69, 9.17) is 0 Å². The molecule has 33 heavy (non-hydrogen) atoms. The summed E-state index contributed by atoms with van der Waals surface area (Å²) in [5, 5.41) is 9.93. The van der Waals surface area contributed by atoms with Gasteiger partial charge >= 0.3 is 6.18 Å². The van der Waals surface area contributed by atoms with E-state index in [-0.39, 0.29) is 27.2 Å². The molecule has 11 heteroatoms. The maximum atomic E-state index is 13.3. The van der Waals surface area contributed by atoms with Gasteiger partial charge in [-0.1, -0.05) is 0 Å². The number of alkyl halides is 3. The lowest BCUT2D eigenvalue weighted by molar-refractivity contribution is -0.137. The molecule has 0 spiro atoms. The first kappa shape index (κ1) is 23.2. The Kier molecular flexibility index (Phi) is 5.49. The number of nitrogens with zero attached hydrogens (tertiary/aromatic N) is 4. The van der Waals surface area contributed by atoms with Gasteiger partial charge in [-0.3, -0.25) is 4.98 Å². The van der Waals surface area contributed by atoms with E-state index in [0.29, 0.717) is 18.2 Å². The van der Waals surface area contributed by atoms with E-state index < -0.39 is 27.3 Å². The number of rotatable bonds is 5. The summed E-state index contributed by atoms with van der Waals surface area (Å²) in [5.74, 6) is 0.339. The predicted octanol–water partition coefficient (Wildman–Crippen LogP) is 4.48. The summed E-state index contributed by atoms with van der Waals surface area (Å²) >= 11 is 0. The van der Waals surface area contributed by atoms with Gasteiger partial charge in [-0.15, -0.1) is 0 Å². The van der Waals surface area contributed by atoms with Gasteiger partial charge in [0.15, 0.2) is 0 Å². The zero-order valence-corrected chi connectivity index (χ0v) is 19.0. The Morgan fingerprint density at radius 3 is 2.39 bits per heavy atom. The molecule has 3 heterocycles. The van der Waals surface area contributed by atoms with Gasteiger partial charge in [-0.2, -0.15) is 18.4 Å². The summed E-state index contributed by atoms with van der Waals surface area (Å²) < 4.78 is 69.2. The van der Waals surface area contributed by atoms with E-state index in [9.17, 15) is 26.9 Å². The van der Waals surface area contributed by atoms with Crippen molar-refractivity contribution in [1.29, 1.82) is 5.26 Å². The Balaban J connectivity index is 1.87. The largest absolute Gasteiger partial charge is 0.417 e. The van der Waals surface area contributed by atoms with Crippen molar-refractivity contribution in [3.05, 3.63) is 41.7 Å². The lowest BCUT2D eigenvalue weighted by Gasteiger charge is -2.20. The highest BCUT2D eigenvalue weighted by molar-refractivity contribution is 7.89. The van der Waals surface area contributed by atoms with Gasteiger partial charge in [-0.25, -0.2) is 18.1 Å². The summed E-state index contributed by atoms with van der Waals surface area (Å²) in [6.45, 7) is 5.62. The molecule has 1 saturated carbocycles. The molecule has 1 fully saturated rings. The van der Waals surface area contributed by atoms with E-state index in [0.717, 1.165) is 25.1 Å². The molecule has 3 aromatic heterocycles. The molecule has 1 N–H and O–H groups in total. The summed E-state index contributed by atoms with van der Waals surface area (Å²) in [7, 11) is -3.82. The molecule has 1 aliphatic rings. The zero-order valence-electron chi connectivity index (χ0n) is 18.2. The van der Waals surface area contributed by atoms with Crippen LogP contribution < -0.4 is 4.72 Å². The third-order valence-electron chi connectivity index (χ3n) is 5.21. The van der Waals surface area contributed by atoms with Gasteiger partial charge in [0.1, 0.15) is 16.6 Å². The number of nitriles is 1. The van der Waals surface area contributed by atoms with E-state index in [2.05, 4.69) is 14.7 Å². The Morgan fingerprint density at radius 2 is 1.88 bits per heavy atom. The van der Waals surface area contributed by atoms with E-state index in [1.54, 1.807) is 25.3 Å². The van der Waals surface area contributed by atoms with Crippen LogP contribution in [0.15, 0.2) is 35.5 Å². The normalized spacial score (nSPS) is 15.1. The first-order chi connectivity index (χ1) is 15.3. The minimum atomic E-state index is -4.60. The summed E-state index contributed by atoms with van der Waals surface area (Å²) in [6, 6.07) is 5.76. The van der Waals surface area contributed by atoms with Gasteiger partial charge in [0.2, 0.25) is 10.0 Å². The van der Waals surface area contributed by atoms with Crippen molar-refractivity contribution in [2.75, 3.05) is 0 Å². The monoisotopic (exact) mass is 477 g/mol. The first-order valence-corrected chi connectivity index (χ1v) is 11.8. The molecule has 4 rings (SSSR count). The number of pyridine rings is 2. The Hall–Kier alpha value is -2.97. The SMILES string of the molecule is CC(C)(C)NS(=O)(=O)c1ccc(-c2c(C#N)c3cc(C(F)(F)F)cnc3n2CC2CC2)nc1. The number of nitrogens with one attached hydrogen (secondary N) is 1. The molecule has 0 bridgehead atoms. The van der Waals surface area contributed by atoms with Crippen molar-refractivity contribution < 1.29 is 21.6 Å². The van der Waals surface area contributed by atoms with Crippen LogP contribution in [0.3, 0.4) is 0 Å². The van der Waals surface area contributed by atoms with Crippen molar-refractivity contribution in [1.82, 2.24) is 19.3 Å². The van der Waals surface area contributed by atoms with Crippen molar-refractivity contribution in [3.63, 3.8) is 0 Å². The molecular weight excluding hydrogens is 455 g/mol. The number of sulfonamides is 1. The minimum absolute atomic E-state index is 0.0279. The van der Waals surface area contributed by atoms with Crippen molar-refractivity contribution >= 4 is 21.1 Å². The minimum Gasteiger partial charge on any atom is -0.323 e. The molecule has 0 aromatic carbocycles. The van der Waals surface area contributed by atoms with Crippen LogP contribution >= 0.6 is 0 Å². The van der Waals surface area contributed by atoms with Gasteiger partial charge in [0.05, 0.1) is 22.5 Å². The van der Waals surface area contributed by atoms with Gasteiger partial charge in [0.25, 0.3) is 0 Å². The molecule has 0 radical (unpaired) electrons. The third kappa shape index (κ3) is 4.72. The van der Waals surface area contributed by atoms with Crippen molar-refractivity contribution in [2.24, 2.45) is 5.92 Å². The Morgan fingerprint density at radius 1 is 1.18 bits per heavy atom. The summed E-state index contributed by atoms with van der Waals surface area (Å²) in [6.07, 6.45) is -0.702. The molecule has 0 aliphatic heterocycles. The topological polar surface area (TPSA) is 101 Å². The third-order valence-corrected chi connectivity index (χ3v) is 6.95. The Bertz CT molecular complexity index is 1360. The second-order valence-corrected chi connectivity index (χ2v) is 10.9. The number of halogens is 3. The number of fused-ring (bicyclic) bond motifs is 1. The highest BCUT2D eigenvalue weighted by atomic mass is 32.2. The molecule has 0 amide bonds. The number of hydrogen-bond donors (Lipinski definition) is 1.